The van der Waals surface area contributed by atoms with Crippen molar-refractivity contribution in [2.75, 3.05) is 6.61 Å². The third-order valence-electron chi connectivity index (χ3n) is 8.03. The van der Waals surface area contributed by atoms with Crippen molar-refractivity contribution in [2.45, 2.75) is 96.6 Å². The first-order valence-electron chi connectivity index (χ1n) is 11.8. The number of ether oxygens (including phenoxy) is 1. The third-order valence-corrected chi connectivity index (χ3v) is 8.03. The first-order chi connectivity index (χ1) is 14.4. The number of fused-ring (bicyclic) bond motifs is 1. The predicted molar refractivity (Wildman–Crippen MR) is 121 cm³/mol. The molecule has 6 atom stereocenters. The molecule has 3 N–H and O–H groups in total. The van der Waals surface area contributed by atoms with Crippen LogP contribution < -0.4 is 0 Å². The van der Waals surface area contributed by atoms with Gasteiger partial charge < -0.3 is 20.1 Å². The van der Waals surface area contributed by atoms with Gasteiger partial charge in [-0.15, -0.1) is 0 Å². The van der Waals surface area contributed by atoms with Crippen molar-refractivity contribution >= 4 is 5.78 Å². The fourth-order valence-electron chi connectivity index (χ4n) is 6.02. The zero-order chi connectivity index (χ0) is 23.0. The van der Waals surface area contributed by atoms with E-state index in [1.54, 1.807) is 0 Å². The highest BCUT2D eigenvalue weighted by molar-refractivity contribution is 5.87. The number of aliphatic hydroxyl groups is 3. The summed E-state index contributed by atoms with van der Waals surface area (Å²) in [6.45, 7) is 11.4. The van der Waals surface area contributed by atoms with E-state index in [0.717, 1.165) is 43.3 Å². The van der Waals surface area contributed by atoms with Crippen LogP contribution in [0.1, 0.15) is 72.6 Å². The number of hydrogen-bond donors (Lipinski definition) is 3. The molecule has 0 radical (unpaired) electrons. The summed E-state index contributed by atoms with van der Waals surface area (Å²) in [5.41, 5.74) is 1.87. The van der Waals surface area contributed by atoms with Crippen molar-refractivity contribution in [3.63, 3.8) is 0 Å². The normalized spacial score (nSPS) is 37.8. The summed E-state index contributed by atoms with van der Waals surface area (Å²) in [6.07, 6.45) is 9.48. The van der Waals surface area contributed by atoms with Crippen LogP contribution in [-0.2, 0) is 9.53 Å². The quantitative estimate of drug-likeness (QED) is 0.593. The Balaban J connectivity index is 1.72. The van der Waals surface area contributed by atoms with Gasteiger partial charge in [-0.3, -0.25) is 4.79 Å². The topological polar surface area (TPSA) is 87.0 Å². The Morgan fingerprint density at radius 3 is 2.71 bits per heavy atom. The number of hydrogen-bond acceptors (Lipinski definition) is 5. The molecule has 1 unspecified atom stereocenters. The number of carbonyl (C=O) groups excluding carboxylic acids is 1. The molecule has 0 amide bonds. The van der Waals surface area contributed by atoms with E-state index in [0.29, 0.717) is 24.7 Å². The number of Topliss-reactive ketones (excluding diaryl/α,β-unsaturated/α-hetero) is 1. The Kier molecular flexibility index (Phi) is 7.31. The number of carbonyl (C=O) groups is 1. The molecule has 0 aromatic rings. The summed E-state index contributed by atoms with van der Waals surface area (Å²) in [5.74, 6) is 0.564. The van der Waals surface area contributed by atoms with Crippen LogP contribution in [0.4, 0.5) is 0 Å². The molecule has 3 saturated carbocycles. The molecule has 0 aromatic heterocycles. The van der Waals surface area contributed by atoms with E-state index in [1.807, 2.05) is 0 Å². The minimum absolute atomic E-state index is 0.0394. The van der Waals surface area contributed by atoms with E-state index in [1.165, 1.54) is 19.4 Å². The van der Waals surface area contributed by atoms with Crippen LogP contribution in [0.3, 0.4) is 0 Å². The van der Waals surface area contributed by atoms with Gasteiger partial charge in [-0.05, 0) is 87.7 Å². The lowest BCUT2D eigenvalue weighted by Gasteiger charge is -2.44. The average molecular weight is 433 g/mol. The molecule has 174 valence electrons. The maximum absolute atomic E-state index is 12.1. The monoisotopic (exact) mass is 432 g/mol. The fourth-order valence-corrected chi connectivity index (χ4v) is 6.02. The van der Waals surface area contributed by atoms with E-state index >= 15 is 0 Å². The lowest BCUT2D eigenvalue weighted by Crippen LogP contribution is -2.41. The molecule has 0 aromatic carbocycles. The highest BCUT2D eigenvalue weighted by Gasteiger charge is 2.51. The minimum Gasteiger partial charge on any atom is -0.393 e. The molecule has 3 fully saturated rings. The molecule has 5 nitrogen and oxygen atoms in total. The molecular weight excluding hydrogens is 392 g/mol. The van der Waals surface area contributed by atoms with Gasteiger partial charge in [0.1, 0.15) is 12.2 Å². The summed E-state index contributed by atoms with van der Waals surface area (Å²) in [4.78, 5) is 12.1. The smallest absolute Gasteiger partial charge is 0.189 e. The van der Waals surface area contributed by atoms with Crippen molar-refractivity contribution in [2.24, 2.45) is 17.3 Å². The molecule has 0 aliphatic heterocycles. The highest BCUT2D eigenvalue weighted by atomic mass is 16.5. The predicted octanol–water partition coefficient (Wildman–Crippen LogP) is 3.87. The first-order valence-corrected chi connectivity index (χ1v) is 11.8. The molecule has 0 spiro atoms. The van der Waals surface area contributed by atoms with Crippen molar-refractivity contribution < 1.29 is 24.9 Å². The van der Waals surface area contributed by atoms with Crippen LogP contribution in [0, 0.1) is 17.3 Å². The Hall–Kier alpha value is -1.27. The number of aliphatic hydroxyl groups excluding tert-OH is 2. The van der Waals surface area contributed by atoms with Crippen LogP contribution >= 0.6 is 0 Å². The lowest BCUT2D eigenvalue weighted by molar-refractivity contribution is -0.142. The van der Waals surface area contributed by atoms with E-state index in [4.69, 9.17) is 4.74 Å². The Bertz CT molecular complexity index is 758. The van der Waals surface area contributed by atoms with Crippen molar-refractivity contribution in [1.82, 2.24) is 0 Å². The van der Waals surface area contributed by atoms with Gasteiger partial charge in [0.05, 0.1) is 18.3 Å². The molecule has 0 heterocycles. The second-order valence-electron chi connectivity index (χ2n) is 10.7. The maximum Gasteiger partial charge on any atom is 0.189 e. The van der Waals surface area contributed by atoms with Crippen molar-refractivity contribution in [1.29, 1.82) is 0 Å². The number of ketones is 1. The Morgan fingerprint density at radius 1 is 1.32 bits per heavy atom. The minimum atomic E-state index is -1.36. The first kappa shape index (κ1) is 24.4. The van der Waals surface area contributed by atoms with Gasteiger partial charge in [-0.2, -0.15) is 0 Å². The largest absolute Gasteiger partial charge is 0.393 e. The molecule has 3 rings (SSSR count). The van der Waals surface area contributed by atoms with Crippen LogP contribution in [-0.4, -0.2) is 51.6 Å². The zero-order valence-corrected chi connectivity index (χ0v) is 19.6. The summed E-state index contributed by atoms with van der Waals surface area (Å²) in [5, 5.41) is 30.0. The van der Waals surface area contributed by atoms with E-state index < -0.39 is 17.8 Å². The van der Waals surface area contributed by atoms with Crippen LogP contribution in [0.2, 0.25) is 0 Å². The SMILES string of the molecule is C=C1/C(=C\C=C2/CCC[C@@]3(C)C2CC[C@@H]3[C@H](C)OCC(=O)C(C)(C)O)C[C@@H](O)C[C@@H]1O. The molecule has 0 bridgehead atoms. The molecule has 3 aliphatic rings. The van der Waals surface area contributed by atoms with Crippen molar-refractivity contribution in [3.05, 3.63) is 35.5 Å². The Labute approximate surface area is 186 Å². The lowest BCUT2D eigenvalue weighted by atomic mass is 9.62. The standard InChI is InChI=1S/C26H40O5/c1-16-19(13-20(27)14-23(16)28)9-8-18-7-6-12-26(5)21(10-11-22(18)26)17(2)31-15-24(29)25(3,4)30/h8-9,17,20-23,27-28,30H,1,6-7,10-15H2,2-5H3/b18-8+,19-9-/t17-,20+,21+,22?,23-,26+/m0/s1. The van der Waals surface area contributed by atoms with Gasteiger partial charge in [0.2, 0.25) is 0 Å². The van der Waals surface area contributed by atoms with Gasteiger partial charge in [0.15, 0.2) is 5.78 Å². The van der Waals surface area contributed by atoms with E-state index in [-0.39, 0.29) is 23.9 Å². The zero-order valence-electron chi connectivity index (χ0n) is 19.6. The third kappa shape index (κ3) is 5.22. The molecule has 0 saturated heterocycles. The molecule has 5 heteroatoms. The average Bonchev–Trinajstić information content (AvgIpc) is 3.04. The summed E-state index contributed by atoms with van der Waals surface area (Å²) < 4.78 is 5.95. The molecule has 3 aliphatic carbocycles. The van der Waals surface area contributed by atoms with Gasteiger partial charge in [0, 0.05) is 6.42 Å². The van der Waals surface area contributed by atoms with Crippen LogP contribution in [0.15, 0.2) is 35.5 Å². The van der Waals surface area contributed by atoms with Gasteiger partial charge in [0.25, 0.3) is 0 Å². The second kappa shape index (κ2) is 9.30. The number of rotatable bonds is 6. The summed E-state index contributed by atoms with van der Waals surface area (Å²) in [7, 11) is 0. The van der Waals surface area contributed by atoms with Crippen LogP contribution in [0.5, 0.6) is 0 Å². The number of allylic oxidation sites excluding steroid dienone is 3. The van der Waals surface area contributed by atoms with Gasteiger partial charge >= 0.3 is 0 Å². The van der Waals surface area contributed by atoms with E-state index in [2.05, 4.69) is 32.6 Å². The Morgan fingerprint density at radius 2 is 2.03 bits per heavy atom. The second-order valence-corrected chi connectivity index (χ2v) is 10.7. The van der Waals surface area contributed by atoms with Gasteiger partial charge in [-0.1, -0.05) is 31.2 Å². The summed E-state index contributed by atoms with van der Waals surface area (Å²) in [6, 6.07) is 0. The van der Waals surface area contributed by atoms with Crippen LogP contribution in [0.25, 0.3) is 0 Å². The fraction of sp³-hybridized carbons (Fsp3) is 0.731. The van der Waals surface area contributed by atoms with E-state index in [9.17, 15) is 20.1 Å². The molecular formula is C26H40O5. The van der Waals surface area contributed by atoms with Gasteiger partial charge in [-0.25, -0.2) is 0 Å². The van der Waals surface area contributed by atoms with Crippen molar-refractivity contribution in [3.8, 4) is 0 Å². The highest BCUT2D eigenvalue weighted by Crippen LogP contribution is 2.58. The molecule has 31 heavy (non-hydrogen) atoms. The maximum atomic E-state index is 12.1. The summed E-state index contributed by atoms with van der Waals surface area (Å²) >= 11 is 0.